The lowest BCUT2D eigenvalue weighted by Gasteiger charge is -2.16. The molecule has 1 aliphatic heterocycles. The van der Waals surface area contributed by atoms with Gasteiger partial charge in [0.15, 0.2) is 0 Å². The lowest BCUT2D eigenvalue weighted by atomic mass is 10.1. The number of hydrogen-bond donors (Lipinski definition) is 2. The number of hydrogen-bond acceptors (Lipinski definition) is 5. The van der Waals surface area contributed by atoms with Crippen LogP contribution in [0, 0.1) is 6.92 Å². The van der Waals surface area contributed by atoms with Crippen molar-refractivity contribution < 1.29 is 22.6 Å². The van der Waals surface area contributed by atoms with Gasteiger partial charge in [0.05, 0.1) is 23.1 Å². The number of nitrogen functional groups attached to an aromatic ring is 1. The zero-order valence-electron chi connectivity index (χ0n) is 13.4. The highest BCUT2D eigenvalue weighted by Gasteiger charge is 2.37. The Hall–Kier alpha value is -2.42. The van der Waals surface area contributed by atoms with Crippen LogP contribution in [0.1, 0.15) is 26.3 Å². The van der Waals surface area contributed by atoms with E-state index in [4.69, 9.17) is 21.9 Å². The standard InChI is InChI=1S/C15H11ClN2O2.CH4O3S/c1-8-6-10(17)3-5-13(8)18-14(19)11-4-2-9(16)7-12(11)15(18)20;1-5(2,3)4/h2-7H,17H2,1H3;1H3,(H,2,3,4). The first-order valence-corrected chi connectivity index (χ1v) is 9.18. The van der Waals surface area contributed by atoms with Gasteiger partial charge in [-0.2, -0.15) is 8.42 Å². The third-order valence-electron chi connectivity index (χ3n) is 3.31. The van der Waals surface area contributed by atoms with Crippen LogP contribution in [-0.2, 0) is 10.1 Å². The number of anilines is 2. The molecule has 132 valence electrons. The van der Waals surface area contributed by atoms with Crippen LogP contribution in [-0.4, -0.2) is 31.0 Å². The van der Waals surface area contributed by atoms with Crippen molar-refractivity contribution in [1.29, 1.82) is 0 Å². The normalized spacial score (nSPS) is 13.4. The number of carbonyl (C=O) groups excluding carboxylic acids is 2. The molecule has 1 aliphatic rings. The lowest BCUT2D eigenvalue weighted by Crippen LogP contribution is -2.30. The van der Waals surface area contributed by atoms with Gasteiger partial charge >= 0.3 is 0 Å². The van der Waals surface area contributed by atoms with Crippen LogP contribution in [0.5, 0.6) is 0 Å². The highest BCUT2D eigenvalue weighted by Crippen LogP contribution is 2.32. The quantitative estimate of drug-likeness (QED) is 0.444. The molecule has 3 rings (SSSR count). The summed E-state index contributed by atoms with van der Waals surface area (Å²) in [6, 6.07) is 9.76. The highest BCUT2D eigenvalue weighted by molar-refractivity contribution is 7.85. The molecule has 0 spiro atoms. The summed E-state index contributed by atoms with van der Waals surface area (Å²) in [7, 11) is -3.67. The van der Waals surface area contributed by atoms with E-state index in [-0.39, 0.29) is 11.8 Å². The van der Waals surface area contributed by atoms with E-state index >= 15 is 0 Å². The summed E-state index contributed by atoms with van der Waals surface area (Å²) in [5.74, 6) is -0.699. The molecule has 0 saturated carbocycles. The van der Waals surface area contributed by atoms with E-state index in [1.54, 1.807) is 30.3 Å². The highest BCUT2D eigenvalue weighted by atomic mass is 35.5. The molecule has 2 aromatic carbocycles. The molecule has 25 heavy (non-hydrogen) atoms. The maximum absolute atomic E-state index is 12.4. The van der Waals surface area contributed by atoms with E-state index in [9.17, 15) is 18.0 Å². The van der Waals surface area contributed by atoms with Gasteiger partial charge in [-0.1, -0.05) is 11.6 Å². The molecule has 0 unspecified atom stereocenters. The Morgan fingerprint density at radius 1 is 1.04 bits per heavy atom. The molecule has 0 atom stereocenters. The van der Waals surface area contributed by atoms with Crippen LogP contribution in [0.2, 0.25) is 5.02 Å². The van der Waals surface area contributed by atoms with Crippen molar-refractivity contribution in [3.63, 3.8) is 0 Å². The Morgan fingerprint density at radius 2 is 1.60 bits per heavy atom. The van der Waals surface area contributed by atoms with Crippen molar-refractivity contribution >= 4 is 44.9 Å². The molecular formula is C16H15ClN2O5S. The Labute approximate surface area is 149 Å². The van der Waals surface area contributed by atoms with E-state index in [0.29, 0.717) is 33.8 Å². The molecule has 0 bridgehead atoms. The molecule has 3 N–H and O–H groups in total. The molecule has 9 heteroatoms. The van der Waals surface area contributed by atoms with E-state index in [1.165, 1.54) is 6.07 Å². The minimum absolute atomic E-state index is 0.332. The largest absolute Gasteiger partial charge is 0.399 e. The van der Waals surface area contributed by atoms with Gasteiger partial charge in [-0.05, 0) is 48.9 Å². The summed E-state index contributed by atoms with van der Waals surface area (Å²) in [4.78, 5) is 26.0. The summed E-state index contributed by atoms with van der Waals surface area (Å²) >= 11 is 5.88. The zero-order chi connectivity index (χ0) is 18.9. The lowest BCUT2D eigenvalue weighted by molar-refractivity contribution is 0.0926. The predicted molar refractivity (Wildman–Crippen MR) is 95.7 cm³/mol. The zero-order valence-corrected chi connectivity index (χ0v) is 14.9. The smallest absolute Gasteiger partial charge is 0.266 e. The van der Waals surface area contributed by atoms with E-state index in [0.717, 1.165) is 10.5 Å². The van der Waals surface area contributed by atoms with Gasteiger partial charge in [0.2, 0.25) is 0 Å². The molecule has 0 saturated heterocycles. The second-order valence-electron chi connectivity index (χ2n) is 5.41. The average Bonchev–Trinajstić information content (AvgIpc) is 2.70. The average molecular weight is 383 g/mol. The van der Waals surface area contributed by atoms with Gasteiger partial charge in [-0.3, -0.25) is 14.1 Å². The Kier molecular flexibility index (Phi) is 5.17. The maximum Gasteiger partial charge on any atom is 0.266 e. The number of fused-ring (bicyclic) bond motifs is 1. The molecule has 7 nitrogen and oxygen atoms in total. The molecule has 0 fully saturated rings. The van der Waals surface area contributed by atoms with Crippen LogP contribution in [0.15, 0.2) is 36.4 Å². The molecule has 0 radical (unpaired) electrons. The minimum Gasteiger partial charge on any atom is -0.399 e. The summed E-state index contributed by atoms with van der Waals surface area (Å²) in [5.41, 5.74) is 8.30. The van der Waals surface area contributed by atoms with Crippen LogP contribution >= 0.6 is 11.6 Å². The van der Waals surface area contributed by atoms with Crippen LogP contribution in [0.4, 0.5) is 11.4 Å². The first-order valence-electron chi connectivity index (χ1n) is 6.96. The summed E-state index contributed by atoms with van der Waals surface area (Å²) in [6.07, 6.45) is 0.715. The molecule has 0 aromatic heterocycles. The number of halogens is 1. The van der Waals surface area contributed by atoms with Gasteiger partial charge in [0, 0.05) is 10.7 Å². The predicted octanol–water partition coefficient (Wildman–Crippen LogP) is 2.54. The molecule has 0 aliphatic carbocycles. The third-order valence-corrected chi connectivity index (χ3v) is 3.55. The van der Waals surface area contributed by atoms with E-state index in [2.05, 4.69) is 0 Å². The fourth-order valence-corrected chi connectivity index (χ4v) is 2.53. The summed E-state index contributed by atoms with van der Waals surface area (Å²) in [6.45, 7) is 1.81. The Balaban J connectivity index is 0.000000399. The topological polar surface area (TPSA) is 118 Å². The number of nitrogens with two attached hydrogens (primary N) is 1. The molecule has 2 aromatic rings. The van der Waals surface area contributed by atoms with E-state index in [1.807, 2.05) is 6.92 Å². The number of imide groups is 1. The third kappa shape index (κ3) is 4.36. The monoisotopic (exact) mass is 382 g/mol. The number of nitrogens with zero attached hydrogens (tertiary/aromatic N) is 1. The molecule has 1 heterocycles. The van der Waals surface area contributed by atoms with Crippen molar-refractivity contribution in [2.24, 2.45) is 0 Å². The Morgan fingerprint density at radius 3 is 2.16 bits per heavy atom. The van der Waals surface area contributed by atoms with Gasteiger partial charge in [0.1, 0.15) is 0 Å². The fraction of sp³-hybridized carbons (Fsp3) is 0.125. The van der Waals surface area contributed by atoms with Crippen molar-refractivity contribution in [2.75, 3.05) is 16.9 Å². The number of rotatable bonds is 1. The van der Waals surface area contributed by atoms with Crippen molar-refractivity contribution in [1.82, 2.24) is 0 Å². The number of carbonyl (C=O) groups is 2. The minimum atomic E-state index is -3.67. The van der Waals surface area contributed by atoms with Gasteiger partial charge < -0.3 is 5.73 Å². The van der Waals surface area contributed by atoms with E-state index < -0.39 is 10.1 Å². The molecule has 2 amide bonds. The van der Waals surface area contributed by atoms with Crippen molar-refractivity contribution in [3.8, 4) is 0 Å². The first-order chi connectivity index (χ1) is 11.5. The number of amides is 2. The summed E-state index contributed by atoms with van der Waals surface area (Å²) < 4.78 is 25.9. The summed E-state index contributed by atoms with van der Waals surface area (Å²) in [5, 5.41) is 0.431. The SMILES string of the molecule is CS(=O)(=O)O.Cc1cc(N)ccc1N1C(=O)c2ccc(Cl)cc2C1=O. The number of benzene rings is 2. The van der Waals surface area contributed by atoms with Gasteiger partial charge in [-0.25, -0.2) is 4.90 Å². The number of aryl methyl sites for hydroxylation is 1. The second-order valence-corrected chi connectivity index (χ2v) is 7.32. The van der Waals surface area contributed by atoms with Gasteiger partial charge in [0.25, 0.3) is 21.9 Å². The van der Waals surface area contributed by atoms with Crippen LogP contribution in [0.25, 0.3) is 0 Å². The second kappa shape index (κ2) is 6.83. The van der Waals surface area contributed by atoms with Crippen molar-refractivity contribution in [3.05, 3.63) is 58.1 Å². The van der Waals surface area contributed by atoms with Gasteiger partial charge in [-0.15, -0.1) is 0 Å². The Bertz CT molecular complexity index is 964. The fourth-order valence-electron chi connectivity index (χ4n) is 2.36. The van der Waals surface area contributed by atoms with Crippen LogP contribution < -0.4 is 10.6 Å². The van der Waals surface area contributed by atoms with Crippen molar-refractivity contribution in [2.45, 2.75) is 6.92 Å². The van der Waals surface area contributed by atoms with Crippen LogP contribution in [0.3, 0.4) is 0 Å². The molecular weight excluding hydrogens is 368 g/mol. The maximum atomic E-state index is 12.4. The first kappa shape index (κ1) is 18.9.